The van der Waals surface area contributed by atoms with Gasteiger partial charge in [0.15, 0.2) is 0 Å². The second-order valence-electron chi connectivity index (χ2n) is 15.1. The zero-order valence-corrected chi connectivity index (χ0v) is 38.9. The van der Waals surface area contributed by atoms with Crippen molar-refractivity contribution >= 4 is 40.4 Å². The summed E-state index contributed by atoms with van der Waals surface area (Å²) in [6.07, 6.45) is 44.9. The predicted molar refractivity (Wildman–Crippen MR) is 224 cm³/mol. The Morgan fingerprint density at radius 1 is 0.283 bits per heavy atom. The van der Waals surface area contributed by atoms with E-state index in [2.05, 4.69) is 27.7 Å². The van der Waals surface area contributed by atoms with E-state index in [0.29, 0.717) is 0 Å². The number of carbonyl (C=O) groups excluding carboxylic acids is 3. The molecule has 0 N–H and O–H groups in total. The number of hydrogen-bond acceptors (Lipinski definition) is 6. The second-order valence-corrected chi connectivity index (χ2v) is 16.5. The maximum absolute atomic E-state index is 10.1. The van der Waals surface area contributed by atoms with Crippen molar-refractivity contribution in [3.05, 3.63) is 0 Å². The van der Waals surface area contributed by atoms with Gasteiger partial charge in [0.1, 0.15) is 0 Å². The Hall–Kier alpha value is -0.791. The third-order valence-corrected chi connectivity index (χ3v) is 10.5. The minimum absolute atomic E-state index is 0.233. The summed E-state index contributed by atoms with van der Waals surface area (Å²) in [7, 11) is 0. The standard InChI is InChI=1S/3C14H28O2.C4H9.Sn/c3*1-2-3-4-5-6-7-8-9-10-11-12-13-14(15)16;1-3-4-2;/h3*2-13H2,1H3,(H,15,16);1,3-4H2,2H3;/q;;;;+3/p-3. The number of carboxylic acids is 3. The average Bonchev–Trinajstić information content (AvgIpc) is 3.12. The van der Waals surface area contributed by atoms with Crippen LogP contribution in [0, 0.1) is 0 Å². The molecule has 0 radical (unpaired) electrons. The van der Waals surface area contributed by atoms with Crippen molar-refractivity contribution in [3.8, 4) is 0 Å². The van der Waals surface area contributed by atoms with Crippen LogP contribution in [0.5, 0.6) is 0 Å². The van der Waals surface area contributed by atoms with Crippen molar-refractivity contribution in [2.75, 3.05) is 0 Å². The molecule has 0 aliphatic rings. The van der Waals surface area contributed by atoms with Gasteiger partial charge in [0.2, 0.25) is 0 Å². The SMILES string of the molecule is CCCCCCCCCCCCCC(=O)[O-].CCCCCCCCCCCCCC(=O)[O-].CCCCCCCCCCCCCC(=O)[O-].CCC[CH2][Sn+3]. The van der Waals surface area contributed by atoms with Crippen molar-refractivity contribution in [2.24, 2.45) is 0 Å². The van der Waals surface area contributed by atoms with E-state index in [-0.39, 0.29) is 19.3 Å². The topological polar surface area (TPSA) is 120 Å². The Balaban J connectivity index is -0.000000318. The van der Waals surface area contributed by atoms with E-state index in [9.17, 15) is 29.7 Å². The molecule has 0 spiro atoms. The number of unbranched alkanes of at least 4 members (excludes halogenated alkanes) is 31. The van der Waals surface area contributed by atoms with Crippen molar-refractivity contribution < 1.29 is 29.7 Å². The van der Waals surface area contributed by atoms with Crippen molar-refractivity contribution in [2.45, 2.75) is 276 Å². The Morgan fingerprint density at radius 2 is 0.434 bits per heavy atom. The molecule has 314 valence electrons. The van der Waals surface area contributed by atoms with Gasteiger partial charge in [-0.05, 0) is 38.5 Å². The molecule has 6 nitrogen and oxygen atoms in total. The Kier molecular flexibility index (Phi) is 64.4. The fourth-order valence-electron chi connectivity index (χ4n) is 5.98. The minimum atomic E-state index is -0.907. The van der Waals surface area contributed by atoms with Gasteiger partial charge in [-0.15, -0.1) is 0 Å². The summed E-state index contributed by atoms with van der Waals surface area (Å²) in [5, 5.41) is 30.4. The van der Waals surface area contributed by atoms with Gasteiger partial charge in [-0.2, -0.15) is 0 Å². The second kappa shape index (κ2) is 57.9. The van der Waals surface area contributed by atoms with Crippen LogP contribution in [0.2, 0.25) is 4.44 Å². The Morgan fingerprint density at radius 3 is 0.547 bits per heavy atom. The molecule has 0 aliphatic heterocycles. The van der Waals surface area contributed by atoms with E-state index in [1.807, 2.05) is 0 Å². The fraction of sp³-hybridized carbons (Fsp3) is 0.935. The summed E-state index contributed by atoms with van der Waals surface area (Å²) in [4.78, 5) is 30.4. The molecule has 0 rings (SSSR count). The summed E-state index contributed by atoms with van der Waals surface area (Å²) < 4.78 is 1.43. The van der Waals surface area contributed by atoms with Crippen LogP contribution in [-0.2, 0) is 14.4 Å². The van der Waals surface area contributed by atoms with Crippen molar-refractivity contribution in [1.82, 2.24) is 0 Å². The normalized spacial score (nSPS) is 10.4. The van der Waals surface area contributed by atoms with Gasteiger partial charge >= 0.3 is 46.7 Å². The van der Waals surface area contributed by atoms with Crippen LogP contribution in [0.25, 0.3) is 0 Å². The maximum atomic E-state index is 10.1. The molecule has 0 aromatic rings. The van der Waals surface area contributed by atoms with Crippen molar-refractivity contribution in [3.63, 3.8) is 0 Å². The molecular formula is C46H90O6Sn. The molecular weight excluding hydrogens is 767 g/mol. The molecule has 0 aromatic heterocycles. The van der Waals surface area contributed by atoms with E-state index in [4.69, 9.17) is 0 Å². The molecule has 0 aliphatic carbocycles. The first-order valence-corrected chi connectivity index (χ1v) is 25.0. The summed E-state index contributed by atoms with van der Waals surface area (Å²) in [6.45, 7) is 8.95. The van der Waals surface area contributed by atoms with Gasteiger partial charge in [-0.3, -0.25) is 0 Å². The van der Waals surface area contributed by atoms with Gasteiger partial charge in [0.05, 0.1) is 0 Å². The molecule has 0 saturated carbocycles. The Bertz CT molecular complexity index is 599. The molecule has 0 amide bonds. The van der Waals surface area contributed by atoms with E-state index in [1.54, 1.807) is 22.5 Å². The number of aliphatic carboxylic acids is 3. The van der Waals surface area contributed by atoms with Crippen LogP contribution < -0.4 is 15.3 Å². The van der Waals surface area contributed by atoms with Crippen LogP contribution in [-0.4, -0.2) is 40.4 Å². The zero-order chi connectivity index (χ0) is 40.3. The molecule has 0 unspecified atom stereocenters. The quantitative estimate of drug-likeness (QED) is 0.0450. The molecule has 53 heavy (non-hydrogen) atoms. The predicted octanol–water partition coefficient (Wildman–Crippen LogP) is 11.7. The molecule has 0 bridgehead atoms. The number of carbonyl (C=O) groups is 3. The van der Waals surface area contributed by atoms with Crippen molar-refractivity contribution in [1.29, 1.82) is 0 Å². The van der Waals surface area contributed by atoms with Crippen LogP contribution >= 0.6 is 0 Å². The summed E-state index contributed by atoms with van der Waals surface area (Å²) >= 11 is 1.68. The first kappa shape index (κ1) is 58.9. The Labute approximate surface area is 344 Å². The van der Waals surface area contributed by atoms with Gasteiger partial charge in [-0.1, -0.05) is 213 Å². The molecule has 0 heterocycles. The summed E-state index contributed by atoms with van der Waals surface area (Å²) in [5.41, 5.74) is 0. The van der Waals surface area contributed by atoms with E-state index < -0.39 is 17.9 Å². The summed E-state index contributed by atoms with van der Waals surface area (Å²) in [5.74, 6) is -2.72. The number of rotatable bonds is 38. The van der Waals surface area contributed by atoms with E-state index in [0.717, 1.165) is 38.5 Å². The van der Waals surface area contributed by atoms with Crippen LogP contribution in [0.4, 0.5) is 0 Å². The van der Waals surface area contributed by atoms with Crippen LogP contribution in [0.3, 0.4) is 0 Å². The van der Waals surface area contributed by atoms with Gasteiger partial charge in [0.25, 0.3) is 0 Å². The molecule has 0 aromatic carbocycles. The molecule has 0 fully saturated rings. The third-order valence-electron chi connectivity index (χ3n) is 9.48. The number of carboxylic acid groups (broad SMARTS) is 3. The van der Waals surface area contributed by atoms with Crippen LogP contribution in [0.15, 0.2) is 0 Å². The molecule has 0 atom stereocenters. The fourth-order valence-corrected chi connectivity index (χ4v) is 6.99. The van der Waals surface area contributed by atoms with Crippen LogP contribution in [0.1, 0.15) is 272 Å². The average molecular weight is 858 g/mol. The monoisotopic (exact) mass is 859 g/mol. The van der Waals surface area contributed by atoms with Gasteiger partial charge in [0, 0.05) is 17.9 Å². The third kappa shape index (κ3) is 76.7. The van der Waals surface area contributed by atoms with E-state index in [1.165, 1.54) is 191 Å². The number of hydrogen-bond donors (Lipinski definition) is 0. The molecule has 0 saturated heterocycles. The van der Waals surface area contributed by atoms with Gasteiger partial charge < -0.3 is 29.7 Å². The van der Waals surface area contributed by atoms with E-state index >= 15 is 0 Å². The molecule has 7 heteroatoms. The summed E-state index contributed by atoms with van der Waals surface area (Å²) in [6, 6.07) is 0. The first-order valence-electron chi connectivity index (χ1n) is 23.0. The van der Waals surface area contributed by atoms with Gasteiger partial charge in [-0.25, -0.2) is 0 Å². The zero-order valence-electron chi connectivity index (χ0n) is 36.0. The first-order chi connectivity index (χ1) is 25.7.